The van der Waals surface area contributed by atoms with Gasteiger partial charge in [0.2, 0.25) is 0 Å². The van der Waals surface area contributed by atoms with E-state index in [1.165, 1.54) is 0 Å². The molecule has 5 atom stereocenters. The zero-order valence-electron chi connectivity index (χ0n) is 8.14. The Morgan fingerprint density at radius 2 is 1.23 bits per heavy atom. The van der Waals surface area contributed by atoms with Crippen LogP contribution in [0.2, 0.25) is 0 Å². The first kappa shape index (κ1) is 10.9. The maximum Gasteiger partial charge on any atom is 0.109 e. The topological polar surface area (TPSA) is 72.7 Å². The van der Waals surface area contributed by atoms with E-state index < -0.39 is 18.3 Å². The van der Waals surface area contributed by atoms with Crippen LogP contribution in [0.15, 0.2) is 0 Å². The monoisotopic (exact) mass is 189 g/mol. The Morgan fingerprint density at radius 1 is 0.846 bits per heavy atom. The summed E-state index contributed by atoms with van der Waals surface area (Å²) in [5.41, 5.74) is 0. The van der Waals surface area contributed by atoms with E-state index in [-0.39, 0.29) is 12.1 Å². The van der Waals surface area contributed by atoms with Gasteiger partial charge in [-0.25, -0.2) is 0 Å². The molecular formula is C9H19NO3. The van der Waals surface area contributed by atoms with Gasteiger partial charge in [-0.05, 0) is 12.8 Å². The van der Waals surface area contributed by atoms with Crippen LogP contribution in [0.25, 0.3) is 0 Å². The van der Waals surface area contributed by atoms with Crippen molar-refractivity contribution in [3.05, 3.63) is 0 Å². The highest BCUT2D eigenvalue weighted by atomic mass is 16.4. The van der Waals surface area contributed by atoms with Gasteiger partial charge in [-0.15, -0.1) is 0 Å². The summed E-state index contributed by atoms with van der Waals surface area (Å²) in [7, 11) is 0. The van der Waals surface area contributed by atoms with Crippen molar-refractivity contribution in [1.82, 2.24) is 5.32 Å². The minimum absolute atomic E-state index is 0.108. The Hall–Kier alpha value is -0.160. The van der Waals surface area contributed by atoms with E-state index in [2.05, 4.69) is 5.32 Å². The average molecular weight is 189 g/mol. The van der Waals surface area contributed by atoms with Crippen LogP contribution in [-0.4, -0.2) is 45.7 Å². The van der Waals surface area contributed by atoms with E-state index >= 15 is 0 Å². The van der Waals surface area contributed by atoms with Crippen molar-refractivity contribution < 1.29 is 15.3 Å². The lowest BCUT2D eigenvalue weighted by Gasteiger charge is -2.41. The van der Waals surface area contributed by atoms with Gasteiger partial charge in [0.15, 0.2) is 0 Å². The Bertz CT molecular complexity index is 145. The number of hydrogen-bond donors (Lipinski definition) is 4. The number of rotatable bonds is 2. The molecule has 4 heteroatoms. The third-order valence-electron chi connectivity index (χ3n) is 2.83. The van der Waals surface area contributed by atoms with Crippen molar-refractivity contribution in [1.29, 1.82) is 0 Å². The molecule has 1 fully saturated rings. The van der Waals surface area contributed by atoms with E-state index in [0.717, 1.165) is 12.8 Å². The second-order valence-electron chi connectivity index (χ2n) is 3.67. The van der Waals surface area contributed by atoms with Gasteiger partial charge < -0.3 is 20.6 Å². The molecule has 0 aromatic heterocycles. The predicted octanol–water partition coefficient (Wildman–Crippen LogP) is -0.771. The first-order chi connectivity index (χ1) is 6.11. The molecule has 1 heterocycles. The van der Waals surface area contributed by atoms with Crippen LogP contribution in [0.3, 0.4) is 0 Å². The molecule has 0 bridgehead atoms. The third-order valence-corrected chi connectivity index (χ3v) is 2.83. The molecule has 1 aliphatic heterocycles. The fraction of sp³-hybridized carbons (Fsp3) is 1.00. The highest BCUT2D eigenvalue weighted by Gasteiger charge is 2.40. The molecule has 1 aliphatic rings. The van der Waals surface area contributed by atoms with Crippen LogP contribution in [0.1, 0.15) is 26.7 Å². The molecule has 13 heavy (non-hydrogen) atoms. The summed E-state index contributed by atoms with van der Waals surface area (Å²) in [5.74, 6) is 0. The van der Waals surface area contributed by atoms with Crippen LogP contribution >= 0.6 is 0 Å². The Balaban J connectivity index is 2.66. The molecule has 0 spiro atoms. The van der Waals surface area contributed by atoms with Gasteiger partial charge in [0.25, 0.3) is 0 Å². The summed E-state index contributed by atoms with van der Waals surface area (Å²) >= 11 is 0. The largest absolute Gasteiger partial charge is 0.389 e. The van der Waals surface area contributed by atoms with Crippen molar-refractivity contribution in [2.45, 2.75) is 57.1 Å². The van der Waals surface area contributed by atoms with Crippen LogP contribution in [0.5, 0.6) is 0 Å². The van der Waals surface area contributed by atoms with Gasteiger partial charge in [0.1, 0.15) is 6.10 Å². The lowest BCUT2D eigenvalue weighted by atomic mass is 9.88. The summed E-state index contributed by atoms with van der Waals surface area (Å²) < 4.78 is 0. The molecule has 0 radical (unpaired) electrons. The number of aliphatic hydroxyl groups is 3. The minimum Gasteiger partial charge on any atom is -0.389 e. The van der Waals surface area contributed by atoms with Crippen molar-refractivity contribution in [2.75, 3.05) is 0 Å². The standard InChI is InChI=1S/C9H19NO3/c1-3-5-7(11)9(13)8(12)6(4-2)10-5/h5-13H,3-4H2,1-2H3/t5-,6-,7-,8+,9+/m1/s1. The molecule has 1 rings (SSSR count). The highest BCUT2D eigenvalue weighted by molar-refractivity contribution is 4.97. The van der Waals surface area contributed by atoms with Crippen molar-refractivity contribution in [2.24, 2.45) is 0 Å². The molecule has 0 saturated carbocycles. The van der Waals surface area contributed by atoms with E-state index in [1.807, 2.05) is 13.8 Å². The quantitative estimate of drug-likeness (QED) is 0.460. The van der Waals surface area contributed by atoms with Gasteiger partial charge in [-0.1, -0.05) is 13.8 Å². The second-order valence-corrected chi connectivity index (χ2v) is 3.67. The first-order valence-corrected chi connectivity index (χ1v) is 4.92. The van der Waals surface area contributed by atoms with Gasteiger partial charge >= 0.3 is 0 Å². The second kappa shape index (κ2) is 4.37. The van der Waals surface area contributed by atoms with Crippen LogP contribution in [0.4, 0.5) is 0 Å². The molecule has 0 amide bonds. The Kier molecular flexibility index (Phi) is 3.67. The third kappa shape index (κ3) is 2.02. The van der Waals surface area contributed by atoms with Crippen molar-refractivity contribution in [3.8, 4) is 0 Å². The Morgan fingerprint density at radius 3 is 1.54 bits per heavy atom. The van der Waals surface area contributed by atoms with Crippen LogP contribution in [0, 0.1) is 0 Å². The zero-order valence-corrected chi connectivity index (χ0v) is 8.14. The maximum atomic E-state index is 9.55. The summed E-state index contributed by atoms with van der Waals surface area (Å²) in [5, 5.41) is 31.7. The van der Waals surface area contributed by atoms with E-state index in [9.17, 15) is 15.3 Å². The van der Waals surface area contributed by atoms with Gasteiger partial charge in [0, 0.05) is 12.1 Å². The predicted molar refractivity (Wildman–Crippen MR) is 49.3 cm³/mol. The minimum atomic E-state index is -1.02. The summed E-state index contributed by atoms with van der Waals surface area (Å²) in [6, 6.07) is -0.216. The molecule has 0 aromatic rings. The van der Waals surface area contributed by atoms with Gasteiger partial charge in [-0.2, -0.15) is 0 Å². The normalized spacial score (nSPS) is 46.4. The molecule has 78 valence electrons. The Labute approximate surface area is 78.6 Å². The number of aliphatic hydroxyl groups excluding tert-OH is 3. The van der Waals surface area contributed by atoms with Gasteiger partial charge in [-0.3, -0.25) is 0 Å². The molecule has 4 nitrogen and oxygen atoms in total. The lowest BCUT2D eigenvalue weighted by molar-refractivity contribution is -0.114. The maximum absolute atomic E-state index is 9.55. The van der Waals surface area contributed by atoms with E-state index in [1.54, 1.807) is 0 Å². The molecule has 0 aromatic carbocycles. The summed E-state index contributed by atoms with van der Waals surface area (Å²) in [6.45, 7) is 3.88. The van der Waals surface area contributed by atoms with Gasteiger partial charge in [0.05, 0.1) is 12.2 Å². The number of nitrogens with one attached hydrogen (secondary N) is 1. The number of hydrogen-bond acceptors (Lipinski definition) is 4. The zero-order chi connectivity index (χ0) is 10.0. The lowest BCUT2D eigenvalue weighted by Crippen LogP contribution is -2.64. The van der Waals surface area contributed by atoms with Crippen molar-refractivity contribution >= 4 is 0 Å². The smallest absolute Gasteiger partial charge is 0.109 e. The molecule has 1 saturated heterocycles. The van der Waals surface area contributed by atoms with Crippen molar-refractivity contribution in [3.63, 3.8) is 0 Å². The average Bonchev–Trinajstić information content (AvgIpc) is 2.15. The van der Waals surface area contributed by atoms with E-state index in [0.29, 0.717) is 0 Å². The number of piperidine rings is 1. The fourth-order valence-corrected chi connectivity index (χ4v) is 1.87. The highest BCUT2D eigenvalue weighted by Crippen LogP contribution is 2.18. The molecule has 0 aliphatic carbocycles. The SMILES string of the molecule is CC[C@H]1N[C@H](CC)[C@@H](O)[C@H](O)[C@H]1O. The molecular weight excluding hydrogens is 170 g/mol. The molecule has 0 unspecified atom stereocenters. The fourth-order valence-electron chi connectivity index (χ4n) is 1.87. The van der Waals surface area contributed by atoms with Crippen LogP contribution < -0.4 is 5.32 Å². The van der Waals surface area contributed by atoms with E-state index in [4.69, 9.17) is 0 Å². The summed E-state index contributed by atoms with van der Waals surface area (Å²) in [4.78, 5) is 0. The molecule has 4 N–H and O–H groups in total. The first-order valence-electron chi connectivity index (χ1n) is 4.92. The van der Waals surface area contributed by atoms with Crippen LogP contribution in [-0.2, 0) is 0 Å². The summed E-state index contributed by atoms with van der Waals surface area (Å²) in [6.07, 6.45) is -1.23.